The number of anilines is 1. The van der Waals surface area contributed by atoms with Crippen LogP contribution in [0.25, 0.3) is 0 Å². The van der Waals surface area contributed by atoms with E-state index in [0.29, 0.717) is 9.80 Å². The van der Waals surface area contributed by atoms with Crippen LogP contribution in [0.5, 0.6) is 0 Å². The van der Waals surface area contributed by atoms with Crippen LogP contribution in [-0.2, 0) is 31.5 Å². The molecular formula is C22H20F4N4O5S. The highest BCUT2D eigenvalue weighted by molar-refractivity contribution is 7.92. The van der Waals surface area contributed by atoms with Crippen LogP contribution < -0.4 is 11.1 Å². The molecule has 2 aromatic rings. The molecular weight excluding hydrogens is 508 g/mol. The zero-order chi connectivity index (χ0) is 26.6. The van der Waals surface area contributed by atoms with Crippen molar-refractivity contribution in [1.29, 1.82) is 0 Å². The quantitative estimate of drug-likeness (QED) is 0.347. The molecule has 2 heterocycles. The van der Waals surface area contributed by atoms with Gasteiger partial charge in [-0.3, -0.25) is 14.5 Å². The molecule has 4 amide bonds. The first-order chi connectivity index (χ1) is 16.7. The Morgan fingerprint density at radius 3 is 2.44 bits per heavy atom. The number of rotatable bonds is 5. The molecule has 1 spiro atoms. The number of carbonyl (C=O) groups excluding carboxylic acids is 3. The van der Waals surface area contributed by atoms with Crippen molar-refractivity contribution >= 4 is 33.4 Å². The smallest absolute Gasteiger partial charge is 0.399 e. The van der Waals surface area contributed by atoms with Crippen LogP contribution in [-0.4, -0.2) is 60.6 Å². The number of nitrogen functional groups attached to an aromatic ring is 1. The van der Waals surface area contributed by atoms with Gasteiger partial charge in [0.05, 0.1) is 10.6 Å². The molecule has 2 aliphatic heterocycles. The molecule has 2 aromatic carbocycles. The highest BCUT2D eigenvalue weighted by atomic mass is 32.2. The average molecular weight is 528 g/mol. The van der Waals surface area contributed by atoms with E-state index in [1.54, 1.807) is 0 Å². The first-order valence-corrected chi connectivity index (χ1v) is 12.2. The van der Waals surface area contributed by atoms with E-state index in [-0.39, 0.29) is 21.7 Å². The molecule has 14 heteroatoms. The van der Waals surface area contributed by atoms with Crippen LogP contribution in [0.3, 0.4) is 0 Å². The van der Waals surface area contributed by atoms with Crippen molar-refractivity contribution in [2.45, 2.75) is 36.1 Å². The number of nitrogens with two attached hydrogens (primary N) is 1. The fourth-order valence-electron chi connectivity index (χ4n) is 4.27. The van der Waals surface area contributed by atoms with Gasteiger partial charge in [-0.05, 0) is 36.8 Å². The summed E-state index contributed by atoms with van der Waals surface area (Å²) in [5.74, 6) is -3.76. The van der Waals surface area contributed by atoms with Gasteiger partial charge < -0.3 is 16.0 Å². The SMILES string of the molecule is CC(N(Cc1ccc(F)cc1)C(=O)CN1C(=O)N[C@]2(CS(=O)(=O)c3cc(N)ccc32)C1=O)C(F)(F)F. The van der Waals surface area contributed by atoms with Gasteiger partial charge in [0.25, 0.3) is 5.91 Å². The second-order valence-electron chi connectivity index (χ2n) is 8.61. The Morgan fingerprint density at radius 2 is 1.83 bits per heavy atom. The van der Waals surface area contributed by atoms with Crippen LogP contribution in [0, 0.1) is 5.82 Å². The van der Waals surface area contributed by atoms with E-state index in [1.165, 1.54) is 24.3 Å². The summed E-state index contributed by atoms with van der Waals surface area (Å²) in [5.41, 5.74) is 3.87. The summed E-state index contributed by atoms with van der Waals surface area (Å²) in [6.45, 7) is -0.914. The van der Waals surface area contributed by atoms with E-state index in [1.807, 2.05) is 0 Å². The lowest BCUT2D eigenvalue weighted by atomic mass is 9.92. The number of fused-ring (bicyclic) bond motifs is 2. The third kappa shape index (κ3) is 4.25. The molecule has 36 heavy (non-hydrogen) atoms. The zero-order valence-corrected chi connectivity index (χ0v) is 19.5. The summed E-state index contributed by atoms with van der Waals surface area (Å²) in [4.78, 5) is 39.6. The highest BCUT2D eigenvalue weighted by Gasteiger charge is 2.60. The van der Waals surface area contributed by atoms with Gasteiger partial charge in [0.2, 0.25) is 5.91 Å². The van der Waals surface area contributed by atoms with E-state index in [9.17, 15) is 40.4 Å². The minimum Gasteiger partial charge on any atom is -0.399 e. The van der Waals surface area contributed by atoms with Crippen molar-refractivity contribution in [2.75, 3.05) is 18.0 Å². The van der Waals surface area contributed by atoms with Crippen molar-refractivity contribution < 1.29 is 40.4 Å². The van der Waals surface area contributed by atoms with Crippen molar-refractivity contribution in [3.05, 3.63) is 59.4 Å². The average Bonchev–Trinajstić information content (AvgIpc) is 3.15. The fraction of sp³-hybridized carbons (Fsp3) is 0.318. The van der Waals surface area contributed by atoms with E-state index < -0.39 is 70.1 Å². The number of amides is 4. The van der Waals surface area contributed by atoms with Gasteiger partial charge in [-0.15, -0.1) is 0 Å². The maximum Gasteiger partial charge on any atom is 0.408 e. The van der Waals surface area contributed by atoms with Crippen molar-refractivity contribution in [2.24, 2.45) is 0 Å². The van der Waals surface area contributed by atoms with Gasteiger partial charge in [-0.25, -0.2) is 17.6 Å². The lowest BCUT2D eigenvalue weighted by molar-refractivity contribution is -0.187. The van der Waals surface area contributed by atoms with Gasteiger partial charge in [-0.1, -0.05) is 18.2 Å². The van der Waals surface area contributed by atoms with Crippen LogP contribution in [0.1, 0.15) is 18.1 Å². The predicted octanol–water partition coefficient (Wildman–Crippen LogP) is 1.92. The number of halogens is 4. The second kappa shape index (κ2) is 8.47. The Kier molecular flexibility index (Phi) is 5.98. The first kappa shape index (κ1) is 25.4. The highest BCUT2D eigenvalue weighted by Crippen LogP contribution is 2.43. The molecule has 0 radical (unpaired) electrons. The summed E-state index contributed by atoms with van der Waals surface area (Å²) in [6.07, 6.45) is -4.84. The molecule has 4 rings (SSSR count). The van der Waals surface area contributed by atoms with Crippen LogP contribution >= 0.6 is 0 Å². The molecule has 2 atom stereocenters. The third-order valence-electron chi connectivity index (χ3n) is 6.20. The predicted molar refractivity (Wildman–Crippen MR) is 117 cm³/mol. The van der Waals surface area contributed by atoms with Crippen LogP contribution in [0.15, 0.2) is 47.4 Å². The molecule has 0 aliphatic carbocycles. The Bertz CT molecular complexity index is 1360. The monoisotopic (exact) mass is 528 g/mol. The Morgan fingerprint density at radius 1 is 1.19 bits per heavy atom. The molecule has 2 aliphatic rings. The lowest BCUT2D eigenvalue weighted by Gasteiger charge is -2.32. The summed E-state index contributed by atoms with van der Waals surface area (Å²) in [5, 5.41) is 2.30. The number of nitrogens with zero attached hydrogens (tertiary/aromatic N) is 2. The Balaban J connectivity index is 1.64. The van der Waals surface area contributed by atoms with E-state index in [2.05, 4.69) is 5.32 Å². The van der Waals surface area contributed by atoms with Crippen LogP contribution in [0.4, 0.5) is 28.0 Å². The molecule has 0 aromatic heterocycles. The topological polar surface area (TPSA) is 130 Å². The number of hydrogen-bond acceptors (Lipinski definition) is 6. The minimum atomic E-state index is -4.84. The third-order valence-corrected chi connectivity index (χ3v) is 8.02. The maximum atomic E-state index is 13.5. The lowest BCUT2D eigenvalue weighted by Crippen LogP contribution is -2.51. The zero-order valence-electron chi connectivity index (χ0n) is 18.7. The number of imide groups is 1. The van der Waals surface area contributed by atoms with Crippen molar-refractivity contribution in [1.82, 2.24) is 15.1 Å². The number of hydrogen-bond donors (Lipinski definition) is 2. The van der Waals surface area contributed by atoms with Gasteiger partial charge in [0.1, 0.15) is 18.4 Å². The molecule has 192 valence electrons. The molecule has 3 N–H and O–H groups in total. The Hall–Kier alpha value is -3.68. The van der Waals surface area contributed by atoms with Gasteiger partial charge in [0, 0.05) is 17.8 Å². The summed E-state index contributed by atoms with van der Waals surface area (Å²) >= 11 is 0. The van der Waals surface area contributed by atoms with Crippen molar-refractivity contribution in [3.63, 3.8) is 0 Å². The van der Waals surface area contributed by atoms with Crippen LogP contribution in [0.2, 0.25) is 0 Å². The number of urea groups is 1. The number of nitrogens with one attached hydrogen (secondary N) is 1. The fourth-order valence-corrected chi connectivity index (χ4v) is 6.24. The van der Waals surface area contributed by atoms with E-state index in [0.717, 1.165) is 25.1 Å². The standard InChI is InChI=1S/C22H20F4N4O5S/c1-12(22(24,25)26)29(9-13-2-4-14(23)5-3-13)18(31)10-30-19(32)21(28-20(30)33)11-36(34,35)17-8-15(27)6-7-16(17)21/h2-8,12H,9-11,27H2,1H3,(H,28,33)/t12?,21-/m0/s1. The molecule has 0 bridgehead atoms. The minimum absolute atomic E-state index is 0.0446. The Labute approximate surface area is 202 Å². The molecule has 1 fully saturated rings. The molecule has 1 unspecified atom stereocenters. The molecule has 9 nitrogen and oxygen atoms in total. The largest absolute Gasteiger partial charge is 0.408 e. The van der Waals surface area contributed by atoms with Gasteiger partial charge in [0.15, 0.2) is 15.4 Å². The summed E-state index contributed by atoms with van der Waals surface area (Å²) in [7, 11) is -4.04. The number of alkyl halides is 3. The van der Waals surface area contributed by atoms with Gasteiger partial charge >= 0.3 is 12.2 Å². The number of sulfone groups is 1. The normalized spacial score (nSPS) is 21.4. The van der Waals surface area contributed by atoms with Crippen molar-refractivity contribution in [3.8, 4) is 0 Å². The van der Waals surface area contributed by atoms with Gasteiger partial charge in [-0.2, -0.15) is 13.2 Å². The summed E-state index contributed by atoms with van der Waals surface area (Å²) < 4.78 is 79.2. The molecule has 1 saturated heterocycles. The second-order valence-corrected chi connectivity index (χ2v) is 10.6. The number of benzene rings is 2. The number of carbonyl (C=O) groups is 3. The first-order valence-electron chi connectivity index (χ1n) is 10.5. The molecule has 0 saturated carbocycles. The summed E-state index contributed by atoms with van der Waals surface area (Å²) in [6, 6.07) is 4.75. The maximum absolute atomic E-state index is 13.5. The van der Waals surface area contributed by atoms with E-state index >= 15 is 0 Å². The van der Waals surface area contributed by atoms with E-state index in [4.69, 9.17) is 5.73 Å².